The van der Waals surface area contributed by atoms with Gasteiger partial charge in [0.1, 0.15) is 12.6 Å². The number of nitrogens with one attached hydrogen (secondary N) is 1. The zero-order valence-corrected chi connectivity index (χ0v) is 23.5. The van der Waals surface area contributed by atoms with E-state index in [2.05, 4.69) is 5.32 Å². The lowest BCUT2D eigenvalue weighted by molar-refractivity contribution is -0.139. The lowest BCUT2D eigenvalue weighted by Crippen LogP contribution is -2.51. The van der Waals surface area contributed by atoms with Gasteiger partial charge in [0.05, 0.1) is 22.0 Å². The van der Waals surface area contributed by atoms with Gasteiger partial charge in [0.15, 0.2) is 0 Å². The molecule has 1 unspecified atom stereocenters. The van der Waals surface area contributed by atoms with Crippen molar-refractivity contribution in [2.45, 2.75) is 33.4 Å². The maximum atomic E-state index is 13.6. The van der Waals surface area contributed by atoms with Gasteiger partial charge in [0.25, 0.3) is 0 Å². The standard InChI is InChI=1S/C23H27Cl4N3O4S/c1-14(2)11-28-23(32)15(3)29(12-16-17(24)7-5-8-18(16)25)21(31)13-30(35(4,33)34)20-10-6-9-19(26)22(20)27/h5-10,14-15H,11-13H2,1-4H3,(H,28,32). The highest BCUT2D eigenvalue weighted by atomic mass is 35.5. The number of amides is 2. The number of carbonyl (C=O) groups excluding carboxylic acids is 2. The molecule has 0 aliphatic rings. The first kappa shape index (κ1) is 29.5. The largest absolute Gasteiger partial charge is 0.354 e. The third-order valence-electron chi connectivity index (χ3n) is 5.12. The van der Waals surface area contributed by atoms with Crippen molar-refractivity contribution in [3.05, 3.63) is 62.1 Å². The van der Waals surface area contributed by atoms with Gasteiger partial charge < -0.3 is 10.2 Å². The number of hydrogen-bond acceptors (Lipinski definition) is 4. The van der Waals surface area contributed by atoms with Crippen molar-refractivity contribution in [2.75, 3.05) is 23.7 Å². The summed E-state index contributed by atoms with van der Waals surface area (Å²) in [5.74, 6) is -0.865. The zero-order valence-electron chi connectivity index (χ0n) is 19.7. The average Bonchev–Trinajstić information content (AvgIpc) is 2.76. The van der Waals surface area contributed by atoms with Crippen molar-refractivity contribution < 1.29 is 18.0 Å². The van der Waals surface area contributed by atoms with Gasteiger partial charge in [0, 0.05) is 28.7 Å². The van der Waals surface area contributed by atoms with Crippen LogP contribution in [0.2, 0.25) is 20.1 Å². The normalized spacial score (nSPS) is 12.4. The Morgan fingerprint density at radius 1 is 0.943 bits per heavy atom. The molecule has 1 atom stereocenters. The van der Waals surface area contributed by atoms with Gasteiger partial charge in [-0.2, -0.15) is 0 Å². The molecular weight excluding hydrogens is 556 g/mol. The number of hydrogen-bond donors (Lipinski definition) is 1. The van der Waals surface area contributed by atoms with E-state index in [1.807, 2.05) is 13.8 Å². The summed E-state index contributed by atoms with van der Waals surface area (Å²) in [4.78, 5) is 27.7. The van der Waals surface area contributed by atoms with Gasteiger partial charge in [-0.25, -0.2) is 8.42 Å². The summed E-state index contributed by atoms with van der Waals surface area (Å²) in [6.07, 6.45) is 0.950. The number of sulfonamides is 1. The molecule has 192 valence electrons. The number of benzene rings is 2. The highest BCUT2D eigenvalue weighted by Crippen LogP contribution is 2.34. The van der Waals surface area contributed by atoms with Crippen LogP contribution < -0.4 is 9.62 Å². The molecule has 2 aromatic carbocycles. The van der Waals surface area contributed by atoms with E-state index in [1.54, 1.807) is 25.1 Å². The van der Waals surface area contributed by atoms with Gasteiger partial charge in [0.2, 0.25) is 21.8 Å². The van der Waals surface area contributed by atoms with Gasteiger partial charge >= 0.3 is 0 Å². The van der Waals surface area contributed by atoms with Crippen molar-refractivity contribution in [1.29, 1.82) is 0 Å². The van der Waals surface area contributed by atoms with E-state index in [0.29, 0.717) is 22.2 Å². The maximum absolute atomic E-state index is 13.6. The van der Waals surface area contributed by atoms with E-state index < -0.39 is 34.4 Å². The van der Waals surface area contributed by atoms with Crippen molar-refractivity contribution in [3.63, 3.8) is 0 Å². The molecule has 12 heteroatoms. The maximum Gasteiger partial charge on any atom is 0.244 e. The Balaban J connectivity index is 2.47. The minimum absolute atomic E-state index is 0.0178. The van der Waals surface area contributed by atoms with Crippen LogP contribution in [-0.4, -0.2) is 50.5 Å². The molecule has 0 aromatic heterocycles. The Bertz CT molecular complexity index is 1170. The molecule has 2 rings (SSSR count). The molecule has 0 radical (unpaired) electrons. The SMILES string of the molecule is CC(C)CNC(=O)C(C)N(Cc1c(Cl)cccc1Cl)C(=O)CN(c1cccc(Cl)c1Cl)S(C)(=O)=O. The van der Waals surface area contributed by atoms with Crippen LogP contribution in [0, 0.1) is 5.92 Å². The number of halogens is 4. The molecule has 0 aliphatic carbocycles. The fourth-order valence-corrected chi connectivity index (χ4v) is 4.99. The van der Waals surface area contributed by atoms with Crippen molar-refractivity contribution in [3.8, 4) is 0 Å². The summed E-state index contributed by atoms with van der Waals surface area (Å²) >= 11 is 25.0. The fourth-order valence-electron chi connectivity index (χ4n) is 3.17. The lowest BCUT2D eigenvalue weighted by atomic mass is 10.1. The molecule has 7 nitrogen and oxygen atoms in total. The summed E-state index contributed by atoms with van der Waals surface area (Å²) in [6.45, 7) is 5.10. The summed E-state index contributed by atoms with van der Waals surface area (Å²) in [5.41, 5.74) is 0.474. The Hall–Kier alpha value is -1.71. The van der Waals surface area contributed by atoms with Gasteiger partial charge in [-0.15, -0.1) is 0 Å². The Labute approximate surface area is 226 Å². The molecule has 35 heavy (non-hydrogen) atoms. The van der Waals surface area contributed by atoms with Crippen molar-refractivity contribution in [2.24, 2.45) is 5.92 Å². The first-order valence-corrected chi connectivity index (χ1v) is 14.0. The topological polar surface area (TPSA) is 86.8 Å². The van der Waals surface area contributed by atoms with Gasteiger partial charge in [-0.05, 0) is 37.1 Å². The van der Waals surface area contributed by atoms with Crippen molar-refractivity contribution in [1.82, 2.24) is 10.2 Å². The van der Waals surface area contributed by atoms with Crippen LogP contribution in [0.4, 0.5) is 5.69 Å². The molecule has 0 spiro atoms. The van der Waals surface area contributed by atoms with Crippen LogP contribution in [0.25, 0.3) is 0 Å². The van der Waals surface area contributed by atoms with Crippen molar-refractivity contribution >= 4 is 73.9 Å². The van der Waals surface area contributed by atoms with Gasteiger partial charge in [-0.3, -0.25) is 13.9 Å². The fraction of sp³-hybridized carbons (Fsp3) is 0.391. The smallest absolute Gasteiger partial charge is 0.244 e. The predicted molar refractivity (Wildman–Crippen MR) is 143 cm³/mol. The Kier molecular flexibility index (Phi) is 10.5. The molecule has 2 aromatic rings. The van der Waals surface area contributed by atoms with E-state index in [0.717, 1.165) is 10.6 Å². The zero-order chi connectivity index (χ0) is 26.5. The Morgan fingerprint density at radius 3 is 2.03 bits per heavy atom. The molecular formula is C23H27Cl4N3O4S. The second-order valence-corrected chi connectivity index (χ2v) is 11.9. The van der Waals surface area contributed by atoms with Gasteiger partial charge in [-0.1, -0.05) is 72.4 Å². The first-order valence-electron chi connectivity index (χ1n) is 10.7. The van der Waals surface area contributed by atoms with Crippen LogP contribution in [0.5, 0.6) is 0 Å². The first-order chi connectivity index (χ1) is 16.2. The highest BCUT2D eigenvalue weighted by molar-refractivity contribution is 7.92. The monoisotopic (exact) mass is 581 g/mol. The molecule has 0 fully saturated rings. The highest BCUT2D eigenvalue weighted by Gasteiger charge is 2.31. The Morgan fingerprint density at radius 2 is 1.49 bits per heavy atom. The summed E-state index contributed by atoms with van der Waals surface area (Å²) in [6, 6.07) is 8.40. The molecule has 0 saturated heterocycles. The number of carbonyl (C=O) groups is 2. The average molecular weight is 583 g/mol. The molecule has 0 bridgehead atoms. The second-order valence-electron chi connectivity index (χ2n) is 8.38. The van der Waals surface area contributed by atoms with Crippen LogP contribution in [0.15, 0.2) is 36.4 Å². The molecule has 0 saturated carbocycles. The molecule has 0 aliphatic heterocycles. The predicted octanol–water partition coefficient (Wildman–Crippen LogP) is 5.26. The van der Waals surface area contributed by atoms with E-state index in [9.17, 15) is 18.0 Å². The van der Waals surface area contributed by atoms with Crippen LogP contribution in [-0.2, 0) is 26.2 Å². The number of rotatable bonds is 10. The van der Waals surface area contributed by atoms with Crippen LogP contribution >= 0.6 is 46.4 Å². The second kappa shape index (κ2) is 12.5. The van der Waals surface area contributed by atoms with E-state index in [1.165, 1.54) is 23.1 Å². The molecule has 0 heterocycles. The van der Waals surface area contributed by atoms with E-state index in [4.69, 9.17) is 46.4 Å². The number of anilines is 1. The molecule has 2 amide bonds. The van der Waals surface area contributed by atoms with E-state index in [-0.39, 0.29) is 28.2 Å². The van der Waals surface area contributed by atoms with Crippen LogP contribution in [0.3, 0.4) is 0 Å². The summed E-state index contributed by atoms with van der Waals surface area (Å²) in [5, 5.41) is 3.52. The third-order valence-corrected chi connectivity index (χ3v) is 7.76. The number of nitrogens with zero attached hydrogens (tertiary/aromatic N) is 2. The van der Waals surface area contributed by atoms with E-state index >= 15 is 0 Å². The molecule has 1 N–H and O–H groups in total. The minimum Gasteiger partial charge on any atom is -0.354 e. The lowest BCUT2D eigenvalue weighted by Gasteiger charge is -2.32. The third kappa shape index (κ3) is 7.89. The summed E-state index contributed by atoms with van der Waals surface area (Å²) in [7, 11) is -3.95. The quantitative estimate of drug-likeness (QED) is 0.414. The van der Waals surface area contributed by atoms with Crippen LogP contribution in [0.1, 0.15) is 26.3 Å². The summed E-state index contributed by atoms with van der Waals surface area (Å²) < 4.78 is 26.1. The minimum atomic E-state index is -3.95.